The number of carbonyl (C=O) groups is 2. The fourth-order valence-electron chi connectivity index (χ4n) is 2.84. The summed E-state index contributed by atoms with van der Waals surface area (Å²) in [7, 11) is 0. The van der Waals surface area contributed by atoms with Crippen molar-refractivity contribution in [2.75, 3.05) is 26.4 Å². The molecular formula is C20H22N2O4. The Morgan fingerprint density at radius 1 is 1.15 bits per heavy atom. The quantitative estimate of drug-likeness (QED) is 0.795. The highest BCUT2D eigenvalue weighted by Gasteiger charge is 2.17. The standard InChI is InChI=1S/C20H22N2O4/c21-19(23)13-26-18-6-2-4-16(10-18)15-3-1-5-17(9-15)20(24)22-11-14-7-8-25-12-14/h1-6,9-10,14H,7-8,11-13H2,(H2,21,23)(H,22,24)/t14-/m0/s1. The first-order valence-corrected chi connectivity index (χ1v) is 8.59. The molecule has 6 nitrogen and oxygen atoms in total. The van der Waals surface area contributed by atoms with Crippen LogP contribution in [0.1, 0.15) is 16.8 Å². The van der Waals surface area contributed by atoms with E-state index in [-0.39, 0.29) is 12.5 Å². The van der Waals surface area contributed by atoms with Crippen LogP contribution in [0.4, 0.5) is 0 Å². The van der Waals surface area contributed by atoms with E-state index in [0.29, 0.717) is 30.4 Å². The lowest BCUT2D eigenvalue weighted by Gasteiger charge is -2.11. The van der Waals surface area contributed by atoms with Crippen molar-refractivity contribution in [1.82, 2.24) is 5.32 Å². The van der Waals surface area contributed by atoms with Crippen molar-refractivity contribution in [3.8, 4) is 16.9 Å². The van der Waals surface area contributed by atoms with Crippen LogP contribution in [0.5, 0.6) is 5.75 Å². The third-order valence-electron chi connectivity index (χ3n) is 4.25. The first-order chi connectivity index (χ1) is 12.6. The molecule has 0 spiro atoms. The molecule has 6 heteroatoms. The molecule has 0 bridgehead atoms. The summed E-state index contributed by atoms with van der Waals surface area (Å²) in [5, 5.41) is 2.97. The Hall–Kier alpha value is -2.86. The summed E-state index contributed by atoms with van der Waals surface area (Å²) in [6.45, 7) is 1.93. The predicted octanol–water partition coefficient (Wildman–Crippen LogP) is 1.98. The van der Waals surface area contributed by atoms with E-state index in [0.717, 1.165) is 24.2 Å². The van der Waals surface area contributed by atoms with Crippen LogP contribution in [0.25, 0.3) is 11.1 Å². The van der Waals surface area contributed by atoms with E-state index in [4.69, 9.17) is 15.2 Å². The Morgan fingerprint density at radius 2 is 1.92 bits per heavy atom. The van der Waals surface area contributed by atoms with Crippen molar-refractivity contribution in [1.29, 1.82) is 0 Å². The second-order valence-corrected chi connectivity index (χ2v) is 6.30. The van der Waals surface area contributed by atoms with Gasteiger partial charge in [-0.2, -0.15) is 0 Å². The lowest BCUT2D eigenvalue weighted by Crippen LogP contribution is -2.29. The van der Waals surface area contributed by atoms with E-state index in [1.807, 2.05) is 36.4 Å². The normalized spacial score (nSPS) is 16.2. The van der Waals surface area contributed by atoms with Gasteiger partial charge in [0.25, 0.3) is 11.8 Å². The number of carbonyl (C=O) groups excluding carboxylic acids is 2. The lowest BCUT2D eigenvalue weighted by molar-refractivity contribution is -0.119. The maximum absolute atomic E-state index is 12.4. The van der Waals surface area contributed by atoms with Crippen LogP contribution in [-0.4, -0.2) is 38.2 Å². The van der Waals surface area contributed by atoms with Gasteiger partial charge >= 0.3 is 0 Å². The van der Waals surface area contributed by atoms with Gasteiger partial charge in [0.2, 0.25) is 0 Å². The Bertz CT molecular complexity index is 785. The van der Waals surface area contributed by atoms with E-state index in [1.54, 1.807) is 12.1 Å². The van der Waals surface area contributed by atoms with Crippen molar-refractivity contribution in [3.63, 3.8) is 0 Å². The molecule has 1 aliphatic rings. The Balaban J connectivity index is 1.69. The number of nitrogens with one attached hydrogen (secondary N) is 1. The third kappa shape index (κ3) is 4.83. The van der Waals surface area contributed by atoms with Gasteiger partial charge in [-0.25, -0.2) is 0 Å². The molecule has 2 aromatic rings. The average molecular weight is 354 g/mol. The Labute approximate surface area is 152 Å². The van der Waals surface area contributed by atoms with Crippen LogP contribution in [0.15, 0.2) is 48.5 Å². The second-order valence-electron chi connectivity index (χ2n) is 6.30. The SMILES string of the molecule is NC(=O)COc1cccc(-c2cccc(C(=O)NC[C@@H]3CCOC3)c2)c1. The summed E-state index contributed by atoms with van der Waals surface area (Å²) in [6, 6.07) is 14.7. The number of hydrogen-bond donors (Lipinski definition) is 2. The summed E-state index contributed by atoms with van der Waals surface area (Å²) >= 11 is 0. The summed E-state index contributed by atoms with van der Waals surface area (Å²) in [5.74, 6) is 0.320. The van der Waals surface area contributed by atoms with Gasteiger partial charge in [-0.15, -0.1) is 0 Å². The molecule has 0 aromatic heterocycles. The molecule has 0 saturated carbocycles. The van der Waals surface area contributed by atoms with E-state index < -0.39 is 5.91 Å². The number of nitrogens with two attached hydrogens (primary N) is 1. The van der Waals surface area contributed by atoms with Crippen molar-refractivity contribution >= 4 is 11.8 Å². The molecule has 0 aliphatic carbocycles. The molecule has 136 valence electrons. The van der Waals surface area contributed by atoms with E-state index in [1.165, 1.54) is 0 Å². The molecule has 0 unspecified atom stereocenters. The molecule has 1 aliphatic heterocycles. The fourth-order valence-corrected chi connectivity index (χ4v) is 2.84. The van der Waals surface area contributed by atoms with Crippen LogP contribution in [0.2, 0.25) is 0 Å². The first kappa shape index (κ1) is 17.9. The Kier molecular flexibility index (Phi) is 5.86. The molecule has 2 amide bonds. The molecule has 2 aromatic carbocycles. The van der Waals surface area contributed by atoms with Crippen LogP contribution in [-0.2, 0) is 9.53 Å². The molecule has 3 N–H and O–H groups in total. The molecular weight excluding hydrogens is 332 g/mol. The van der Waals surface area contributed by atoms with Gasteiger partial charge in [0, 0.05) is 24.6 Å². The first-order valence-electron chi connectivity index (χ1n) is 8.59. The van der Waals surface area contributed by atoms with Gasteiger partial charge in [0.1, 0.15) is 5.75 Å². The fraction of sp³-hybridized carbons (Fsp3) is 0.300. The molecule has 1 saturated heterocycles. The number of rotatable bonds is 7. The molecule has 3 rings (SSSR count). The van der Waals surface area contributed by atoms with E-state index in [2.05, 4.69) is 5.32 Å². The minimum absolute atomic E-state index is 0.0973. The zero-order valence-electron chi connectivity index (χ0n) is 14.4. The largest absolute Gasteiger partial charge is 0.484 e. The van der Waals surface area contributed by atoms with Crippen LogP contribution in [0.3, 0.4) is 0 Å². The van der Waals surface area contributed by atoms with E-state index in [9.17, 15) is 9.59 Å². The summed E-state index contributed by atoms with van der Waals surface area (Å²) in [5.41, 5.74) is 7.49. The van der Waals surface area contributed by atoms with Gasteiger partial charge in [0.05, 0.1) is 6.61 Å². The highest BCUT2D eigenvalue weighted by Crippen LogP contribution is 2.25. The average Bonchev–Trinajstić information content (AvgIpc) is 3.18. The lowest BCUT2D eigenvalue weighted by atomic mass is 10.0. The maximum atomic E-state index is 12.4. The minimum atomic E-state index is -0.526. The molecule has 1 atom stereocenters. The van der Waals surface area contributed by atoms with Gasteiger partial charge in [-0.05, 0) is 41.8 Å². The van der Waals surface area contributed by atoms with Gasteiger partial charge < -0.3 is 20.5 Å². The smallest absolute Gasteiger partial charge is 0.255 e. The zero-order valence-corrected chi connectivity index (χ0v) is 14.4. The van der Waals surface area contributed by atoms with Crippen LogP contribution >= 0.6 is 0 Å². The molecule has 0 radical (unpaired) electrons. The predicted molar refractivity (Wildman–Crippen MR) is 97.8 cm³/mol. The summed E-state index contributed by atoms with van der Waals surface area (Å²) < 4.78 is 10.7. The monoisotopic (exact) mass is 354 g/mol. The van der Waals surface area contributed by atoms with Crippen molar-refractivity contribution in [2.24, 2.45) is 11.7 Å². The summed E-state index contributed by atoms with van der Waals surface area (Å²) in [4.78, 5) is 23.3. The van der Waals surface area contributed by atoms with Crippen molar-refractivity contribution in [2.45, 2.75) is 6.42 Å². The minimum Gasteiger partial charge on any atom is -0.484 e. The van der Waals surface area contributed by atoms with Crippen molar-refractivity contribution in [3.05, 3.63) is 54.1 Å². The van der Waals surface area contributed by atoms with Gasteiger partial charge in [-0.3, -0.25) is 9.59 Å². The number of hydrogen-bond acceptors (Lipinski definition) is 4. The Morgan fingerprint density at radius 3 is 2.65 bits per heavy atom. The molecule has 1 heterocycles. The van der Waals surface area contributed by atoms with Gasteiger partial charge in [0.15, 0.2) is 6.61 Å². The maximum Gasteiger partial charge on any atom is 0.255 e. The second kappa shape index (κ2) is 8.49. The number of amides is 2. The van der Waals surface area contributed by atoms with Crippen LogP contribution < -0.4 is 15.8 Å². The summed E-state index contributed by atoms with van der Waals surface area (Å²) in [6.07, 6.45) is 0.985. The highest BCUT2D eigenvalue weighted by molar-refractivity contribution is 5.95. The number of ether oxygens (including phenoxy) is 2. The molecule has 26 heavy (non-hydrogen) atoms. The van der Waals surface area contributed by atoms with Crippen LogP contribution in [0, 0.1) is 5.92 Å². The number of primary amides is 1. The number of benzene rings is 2. The van der Waals surface area contributed by atoms with Crippen molar-refractivity contribution < 1.29 is 19.1 Å². The highest BCUT2D eigenvalue weighted by atomic mass is 16.5. The van der Waals surface area contributed by atoms with Gasteiger partial charge in [-0.1, -0.05) is 24.3 Å². The third-order valence-corrected chi connectivity index (χ3v) is 4.25. The zero-order chi connectivity index (χ0) is 18.4. The molecule has 1 fully saturated rings. The van der Waals surface area contributed by atoms with E-state index >= 15 is 0 Å². The topological polar surface area (TPSA) is 90.7 Å².